The summed E-state index contributed by atoms with van der Waals surface area (Å²) in [6.07, 6.45) is 9.36. The highest BCUT2D eigenvalue weighted by atomic mass is 16.5. The first-order valence-electron chi connectivity index (χ1n) is 23.7. The maximum atomic E-state index is 14.4. The molecule has 1 saturated heterocycles. The van der Waals surface area contributed by atoms with Crippen LogP contribution >= 0.6 is 0 Å². The number of carbonyl (C=O) groups is 4. The number of amides is 4. The van der Waals surface area contributed by atoms with Crippen LogP contribution in [0.5, 0.6) is 11.5 Å². The SMILES string of the molecule is CCCN(C(=O)[C@H](NC(=O)C1CC1)c1ccccc1)[C@@H](C)c1ncc(-c2cc3c4c(c2)OCc2cc(-c5cnc([C@@H]6CCCN6C(=O)[C@H](NC(=O)C6CC6)c6ccccc6)[nH]5)cc(c2-4)OC3)[nH]1. The Hall–Kier alpha value is -7.22. The molecular weight excluding hydrogens is 845 g/mol. The summed E-state index contributed by atoms with van der Waals surface area (Å²) in [5.74, 6) is 2.39. The third kappa shape index (κ3) is 8.23. The molecule has 4 N–H and O–H groups in total. The molecule has 5 aliphatic rings. The standard InChI is InChI=1S/C53H54N8O6/c1-3-20-60(52(64)46(31-11-6-4-7-12-31)58-50(62)33-16-17-33)30(2)48-54-26-39(56-48)35-22-37-28-67-43-25-36(23-38-29-66-42(24-35)44(37)45(38)43)40-27-55-49(57-40)41-15-10-21-61(41)53(65)47(32-13-8-5-9-14-32)59-51(63)34-18-19-34/h4-9,11-14,22-27,30,33-34,41,46-47H,3,10,15-21,28-29H2,1-2H3,(H,54,56)(H,55,57)(H,58,62)(H,59,63)/t30-,41-,46+,47+/m0/s1. The molecule has 342 valence electrons. The van der Waals surface area contributed by atoms with Crippen molar-refractivity contribution < 1.29 is 28.7 Å². The number of benzene rings is 4. The summed E-state index contributed by atoms with van der Waals surface area (Å²) >= 11 is 0. The molecular formula is C53H54N8O6. The third-order valence-corrected chi connectivity index (χ3v) is 13.9. The monoisotopic (exact) mass is 898 g/mol. The van der Waals surface area contributed by atoms with E-state index >= 15 is 0 Å². The van der Waals surface area contributed by atoms with Gasteiger partial charge in [0.15, 0.2) is 0 Å². The number of nitrogens with one attached hydrogen (secondary N) is 4. The number of hydrogen-bond acceptors (Lipinski definition) is 8. The van der Waals surface area contributed by atoms with Crippen LogP contribution in [0.1, 0.15) is 117 Å². The molecule has 2 aromatic heterocycles. The lowest BCUT2D eigenvalue weighted by Crippen LogP contribution is -2.45. The molecule has 3 aliphatic heterocycles. The number of imidazole rings is 2. The Morgan fingerprint density at radius 3 is 1.87 bits per heavy atom. The zero-order valence-corrected chi connectivity index (χ0v) is 37.7. The topological polar surface area (TPSA) is 175 Å². The molecule has 0 unspecified atom stereocenters. The highest BCUT2D eigenvalue weighted by molar-refractivity contribution is 5.92. The number of likely N-dealkylation sites (tertiary alicyclic amines) is 1. The van der Waals surface area contributed by atoms with Crippen molar-refractivity contribution in [2.24, 2.45) is 11.8 Å². The molecule has 2 aliphatic carbocycles. The van der Waals surface area contributed by atoms with E-state index in [2.05, 4.69) is 32.7 Å². The van der Waals surface area contributed by atoms with Gasteiger partial charge in [-0.05, 0) is 87.3 Å². The van der Waals surface area contributed by atoms with Gasteiger partial charge in [-0.2, -0.15) is 0 Å². The lowest BCUT2D eigenvalue weighted by molar-refractivity contribution is -0.139. The Morgan fingerprint density at radius 1 is 0.731 bits per heavy atom. The molecule has 2 saturated carbocycles. The van der Waals surface area contributed by atoms with Crippen LogP contribution in [0.25, 0.3) is 33.6 Å². The second-order valence-electron chi connectivity index (χ2n) is 18.6. The molecule has 0 radical (unpaired) electrons. The van der Waals surface area contributed by atoms with E-state index in [0.717, 1.165) is 112 Å². The molecule has 14 heteroatoms. The van der Waals surface area contributed by atoms with E-state index < -0.39 is 18.1 Å². The molecule has 5 heterocycles. The summed E-state index contributed by atoms with van der Waals surface area (Å²) in [5, 5.41) is 6.11. The summed E-state index contributed by atoms with van der Waals surface area (Å²) in [6, 6.07) is 25.0. The number of H-pyrrole nitrogens is 2. The molecule has 4 aromatic carbocycles. The molecule has 0 spiro atoms. The molecule has 4 amide bonds. The lowest BCUT2D eigenvalue weighted by Gasteiger charge is -2.32. The smallest absolute Gasteiger partial charge is 0.250 e. The second kappa shape index (κ2) is 17.5. The lowest BCUT2D eigenvalue weighted by atomic mass is 9.87. The van der Waals surface area contributed by atoms with Crippen LogP contribution in [0, 0.1) is 11.8 Å². The quantitative estimate of drug-likeness (QED) is 0.0795. The number of hydrogen-bond donors (Lipinski definition) is 4. The van der Waals surface area contributed by atoms with Crippen LogP contribution in [-0.2, 0) is 32.4 Å². The van der Waals surface area contributed by atoms with Crippen molar-refractivity contribution in [1.29, 1.82) is 0 Å². The van der Waals surface area contributed by atoms with E-state index in [4.69, 9.17) is 19.4 Å². The molecule has 6 aromatic rings. The second-order valence-corrected chi connectivity index (χ2v) is 18.6. The van der Waals surface area contributed by atoms with Crippen LogP contribution in [-0.4, -0.2) is 66.5 Å². The number of aromatic nitrogens is 4. The highest BCUT2D eigenvalue weighted by Gasteiger charge is 2.40. The minimum absolute atomic E-state index is 0.0167. The predicted molar refractivity (Wildman–Crippen MR) is 250 cm³/mol. The first-order valence-corrected chi connectivity index (χ1v) is 23.7. The van der Waals surface area contributed by atoms with Gasteiger partial charge in [-0.15, -0.1) is 0 Å². The minimum atomic E-state index is -0.795. The number of rotatable bonds is 15. The van der Waals surface area contributed by atoms with Gasteiger partial charge in [-0.25, -0.2) is 9.97 Å². The van der Waals surface area contributed by atoms with Gasteiger partial charge in [-0.3, -0.25) is 19.2 Å². The van der Waals surface area contributed by atoms with E-state index in [0.29, 0.717) is 38.0 Å². The Balaban J connectivity index is 0.820. The van der Waals surface area contributed by atoms with Crippen LogP contribution in [0.3, 0.4) is 0 Å². The average molecular weight is 899 g/mol. The van der Waals surface area contributed by atoms with Crippen LogP contribution in [0.4, 0.5) is 0 Å². The first kappa shape index (κ1) is 42.4. The van der Waals surface area contributed by atoms with Crippen molar-refractivity contribution >= 4 is 23.6 Å². The Bertz CT molecular complexity index is 2820. The molecule has 4 atom stereocenters. The van der Waals surface area contributed by atoms with Crippen molar-refractivity contribution in [2.75, 3.05) is 13.1 Å². The third-order valence-electron chi connectivity index (χ3n) is 13.9. The summed E-state index contributed by atoms with van der Waals surface area (Å²) in [7, 11) is 0. The first-order chi connectivity index (χ1) is 32.7. The van der Waals surface area contributed by atoms with Crippen LogP contribution < -0.4 is 20.1 Å². The van der Waals surface area contributed by atoms with Gasteiger partial charge in [-0.1, -0.05) is 67.6 Å². The van der Waals surface area contributed by atoms with Gasteiger partial charge in [0.25, 0.3) is 0 Å². The van der Waals surface area contributed by atoms with Crippen LogP contribution in [0.2, 0.25) is 0 Å². The Kier molecular flexibility index (Phi) is 11.1. The van der Waals surface area contributed by atoms with Crippen molar-refractivity contribution in [3.63, 3.8) is 0 Å². The normalized spacial score (nSPS) is 18.2. The fraction of sp³-hybridized carbons (Fsp3) is 0.358. The summed E-state index contributed by atoms with van der Waals surface area (Å²) < 4.78 is 13.0. The van der Waals surface area contributed by atoms with Crippen molar-refractivity contribution in [3.8, 4) is 45.1 Å². The van der Waals surface area contributed by atoms with E-state index in [-0.39, 0.29) is 41.5 Å². The largest absolute Gasteiger partial charge is 0.488 e. The summed E-state index contributed by atoms with van der Waals surface area (Å²) in [5.41, 5.74) is 8.95. The highest BCUT2D eigenvalue weighted by Crippen LogP contribution is 2.51. The van der Waals surface area contributed by atoms with E-state index in [1.54, 1.807) is 6.20 Å². The average Bonchev–Trinajstić information content (AvgIpc) is 4.23. The Labute approximate surface area is 388 Å². The van der Waals surface area contributed by atoms with E-state index in [1.165, 1.54) is 0 Å². The van der Waals surface area contributed by atoms with Gasteiger partial charge in [0, 0.05) is 58.3 Å². The van der Waals surface area contributed by atoms with Gasteiger partial charge in [0.05, 0.1) is 35.9 Å². The van der Waals surface area contributed by atoms with Gasteiger partial charge < -0.3 is 39.9 Å². The number of nitrogens with zero attached hydrogens (tertiary/aromatic N) is 4. The number of carbonyl (C=O) groups excluding carboxylic acids is 4. The predicted octanol–water partition coefficient (Wildman–Crippen LogP) is 8.42. The molecule has 11 rings (SSSR count). The maximum absolute atomic E-state index is 14.4. The fourth-order valence-electron chi connectivity index (χ4n) is 9.95. The molecule has 14 nitrogen and oxygen atoms in total. The Morgan fingerprint density at radius 2 is 1.28 bits per heavy atom. The van der Waals surface area contributed by atoms with Crippen molar-refractivity contribution in [3.05, 3.63) is 131 Å². The summed E-state index contributed by atoms with van der Waals surface area (Å²) in [4.78, 5) is 74.9. The maximum Gasteiger partial charge on any atom is 0.250 e. The molecule has 3 fully saturated rings. The number of aromatic amines is 2. The minimum Gasteiger partial charge on any atom is -0.488 e. The summed E-state index contributed by atoms with van der Waals surface area (Å²) in [6.45, 7) is 5.76. The van der Waals surface area contributed by atoms with Crippen molar-refractivity contribution in [2.45, 2.75) is 96.2 Å². The van der Waals surface area contributed by atoms with E-state index in [1.807, 2.05) is 103 Å². The van der Waals surface area contributed by atoms with Gasteiger partial charge in [0.2, 0.25) is 23.6 Å². The molecule has 0 bridgehead atoms. The van der Waals surface area contributed by atoms with Gasteiger partial charge >= 0.3 is 0 Å². The zero-order valence-electron chi connectivity index (χ0n) is 37.7. The molecule has 67 heavy (non-hydrogen) atoms. The van der Waals surface area contributed by atoms with Crippen molar-refractivity contribution in [1.82, 2.24) is 40.4 Å². The van der Waals surface area contributed by atoms with E-state index in [9.17, 15) is 19.2 Å². The van der Waals surface area contributed by atoms with Gasteiger partial charge in [0.1, 0.15) is 48.4 Å². The zero-order chi connectivity index (χ0) is 45.8. The van der Waals surface area contributed by atoms with Crippen LogP contribution in [0.15, 0.2) is 97.3 Å². The number of ether oxygens (including phenoxy) is 2. The fourth-order valence-corrected chi connectivity index (χ4v) is 9.95.